The van der Waals surface area contributed by atoms with E-state index >= 15 is 0 Å². The summed E-state index contributed by atoms with van der Waals surface area (Å²) in [6, 6.07) is 9.42. The van der Waals surface area contributed by atoms with Crippen LogP contribution in [0, 0.1) is 5.92 Å². The van der Waals surface area contributed by atoms with E-state index in [-0.39, 0.29) is 17.9 Å². The van der Waals surface area contributed by atoms with Crippen molar-refractivity contribution in [1.82, 2.24) is 10.2 Å². The number of benzene rings is 1. The van der Waals surface area contributed by atoms with Gasteiger partial charge in [0.1, 0.15) is 0 Å². The minimum atomic E-state index is -0.0254. The molecule has 4 heteroatoms. The van der Waals surface area contributed by atoms with E-state index in [1.165, 1.54) is 0 Å². The van der Waals surface area contributed by atoms with Crippen LogP contribution in [0.15, 0.2) is 30.3 Å². The molecule has 1 aromatic carbocycles. The van der Waals surface area contributed by atoms with Crippen molar-refractivity contribution in [3.8, 4) is 0 Å². The molecule has 0 bridgehead atoms. The molecule has 114 valence electrons. The molecule has 2 amide bonds. The summed E-state index contributed by atoms with van der Waals surface area (Å²) in [6.45, 7) is 5.60. The molecule has 1 saturated heterocycles. The van der Waals surface area contributed by atoms with E-state index in [1.807, 2.05) is 35.2 Å². The van der Waals surface area contributed by atoms with Crippen LogP contribution in [0.4, 0.5) is 0 Å². The Morgan fingerprint density at radius 2 is 1.81 bits per heavy atom. The summed E-state index contributed by atoms with van der Waals surface area (Å²) < 4.78 is 0. The standard InChI is InChI=1S/C17H24N2O2/c1-13(2)12-16(20)19-10-8-15(9-11-19)18-17(21)14-6-4-3-5-7-14/h3-7,13,15H,8-12H2,1-2H3,(H,18,21). The van der Waals surface area contributed by atoms with E-state index in [0.717, 1.165) is 25.9 Å². The lowest BCUT2D eigenvalue weighted by Gasteiger charge is -2.32. The smallest absolute Gasteiger partial charge is 0.251 e. The number of piperidine rings is 1. The molecule has 21 heavy (non-hydrogen) atoms. The minimum Gasteiger partial charge on any atom is -0.349 e. The number of nitrogens with zero attached hydrogens (tertiary/aromatic N) is 1. The maximum Gasteiger partial charge on any atom is 0.251 e. The molecule has 0 saturated carbocycles. The van der Waals surface area contributed by atoms with E-state index in [0.29, 0.717) is 17.9 Å². The first-order chi connectivity index (χ1) is 10.1. The van der Waals surface area contributed by atoms with Crippen LogP contribution in [0.25, 0.3) is 0 Å². The number of likely N-dealkylation sites (tertiary alicyclic amines) is 1. The van der Waals surface area contributed by atoms with E-state index in [4.69, 9.17) is 0 Å². The Hall–Kier alpha value is -1.84. The molecule has 0 radical (unpaired) electrons. The summed E-state index contributed by atoms with van der Waals surface area (Å²) in [5.74, 6) is 0.605. The monoisotopic (exact) mass is 288 g/mol. The lowest BCUT2D eigenvalue weighted by Crippen LogP contribution is -2.46. The van der Waals surface area contributed by atoms with Crippen molar-refractivity contribution in [1.29, 1.82) is 0 Å². The second-order valence-corrected chi connectivity index (χ2v) is 6.09. The third kappa shape index (κ3) is 4.59. The summed E-state index contributed by atoms with van der Waals surface area (Å²) >= 11 is 0. The maximum absolute atomic E-state index is 12.1. The van der Waals surface area contributed by atoms with Crippen molar-refractivity contribution in [3.63, 3.8) is 0 Å². The van der Waals surface area contributed by atoms with Gasteiger partial charge in [-0.3, -0.25) is 9.59 Å². The van der Waals surface area contributed by atoms with E-state index in [2.05, 4.69) is 19.2 Å². The zero-order valence-corrected chi connectivity index (χ0v) is 12.8. The average molecular weight is 288 g/mol. The molecular formula is C17H24N2O2. The molecule has 1 heterocycles. The topological polar surface area (TPSA) is 49.4 Å². The molecule has 0 atom stereocenters. The zero-order chi connectivity index (χ0) is 15.2. The van der Waals surface area contributed by atoms with Crippen LogP contribution in [0.3, 0.4) is 0 Å². The molecule has 0 unspecified atom stereocenters. The van der Waals surface area contributed by atoms with Crippen LogP contribution in [0.1, 0.15) is 43.5 Å². The van der Waals surface area contributed by atoms with E-state index in [9.17, 15) is 9.59 Å². The molecule has 4 nitrogen and oxygen atoms in total. The Balaban J connectivity index is 1.79. The second-order valence-electron chi connectivity index (χ2n) is 6.09. The molecule has 2 rings (SSSR count). The first-order valence-corrected chi connectivity index (χ1v) is 7.70. The Bertz CT molecular complexity index is 477. The lowest BCUT2D eigenvalue weighted by atomic mass is 10.0. The van der Waals surface area contributed by atoms with Gasteiger partial charge in [0.2, 0.25) is 5.91 Å². The fourth-order valence-electron chi connectivity index (χ4n) is 2.61. The highest BCUT2D eigenvalue weighted by atomic mass is 16.2. The fraction of sp³-hybridized carbons (Fsp3) is 0.529. The van der Waals surface area contributed by atoms with Gasteiger partial charge in [-0.15, -0.1) is 0 Å². The summed E-state index contributed by atoms with van der Waals surface area (Å²) in [6.07, 6.45) is 2.28. The zero-order valence-electron chi connectivity index (χ0n) is 12.8. The van der Waals surface area contributed by atoms with E-state index < -0.39 is 0 Å². The highest BCUT2D eigenvalue weighted by molar-refractivity contribution is 5.94. The highest BCUT2D eigenvalue weighted by Gasteiger charge is 2.24. The predicted molar refractivity (Wildman–Crippen MR) is 83.0 cm³/mol. The second kappa shape index (κ2) is 7.25. The van der Waals surface area contributed by atoms with Gasteiger partial charge in [-0.2, -0.15) is 0 Å². The largest absolute Gasteiger partial charge is 0.349 e. The average Bonchev–Trinajstić information content (AvgIpc) is 2.48. The van der Waals surface area contributed by atoms with Gasteiger partial charge in [0.25, 0.3) is 5.91 Å². The van der Waals surface area contributed by atoms with Crippen LogP contribution in [0.5, 0.6) is 0 Å². The number of hydrogen-bond donors (Lipinski definition) is 1. The summed E-state index contributed by atoms with van der Waals surface area (Å²) in [5.41, 5.74) is 0.691. The number of amides is 2. The third-order valence-electron chi connectivity index (χ3n) is 3.80. The van der Waals surface area contributed by atoms with Crippen LogP contribution in [-0.4, -0.2) is 35.8 Å². The number of nitrogens with one attached hydrogen (secondary N) is 1. The summed E-state index contributed by atoms with van der Waals surface area (Å²) in [7, 11) is 0. The van der Waals surface area contributed by atoms with Crippen molar-refractivity contribution in [3.05, 3.63) is 35.9 Å². The van der Waals surface area contributed by atoms with Crippen LogP contribution >= 0.6 is 0 Å². The van der Waals surface area contributed by atoms with E-state index in [1.54, 1.807) is 0 Å². The van der Waals surface area contributed by atoms with Crippen molar-refractivity contribution >= 4 is 11.8 Å². The number of carbonyl (C=O) groups is 2. The van der Waals surface area contributed by atoms with Gasteiger partial charge >= 0.3 is 0 Å². The minimum absolute atomic E-state index is 0.0254. The number of carbonyl (C=O) groups excluding carboxylic acids is 2. The molecular weight excluding hydrogens is 264 g/mol. The van der Waals surface area contributed by atoms with Gasteiger partial charge in [-0.25, -0.2) is 0 Å². The van der Waals surface area contributed by atoms with Gasteiger partial charge in [0, 0.05) is 31.1 Å². The molecule has 1 N–H and O–H groups in total. The Labute approximate surface area is 126 Å². The normalized spacial score (nSPS) is 16.0. The van der Waals surface area contributed by atoms with Gasteiger partial charge < -0.3 is 10.2 Å². The lowest BCUT2D eigenvalue weighted by molar-refractivity contribution is -0.133. The number of hydrogen-bond acceptors (Lipinski definition) is 2. The van der Waals surface area contributed by atoms with Crippen molar-refractivity contribution in [2.75, 3.05) is 13.1 Å². The Morgan fingerprint density at radius 3 is 2.38 bits per heavy atom. The molecule has 1 aromatic rings. The molecule has 1 aliphatic heterocycles. The van der Waals surface area contributed by atoms with Crippen molar-refractivity contribution < 1.29 is 9.59 Å². The molecule has 0 spiro atoms. The van der Waals surface area contributed by atoms with Crippen LogP contribution in [-0.2, 0) is 4.79 Å². The molecule has 0 aromatic heterocycles. The van der Waals surface area contributed by atoms with Crippen molar-refractivity contribution in [2.24, 2.45) is 5.92 Å². The van der Waals surface area contributed by atoms with Crippen LogP contribution < -0.4 is 5.32 Å². The van der Waals surface area contributed by atoms with Gasteiger partial charge in [0.15, 0.2) is 0 Å². The van der Waals surface area contributed by atoms with Gasteiger partial charge in [-0.1, -0.05) is 32.0 Å². The first kappa shape index (κ1) is 15.5. The Morgan fingerprint density at radius 1 is 1.19 bits per heavy atom. The molecule has 1 aliphatic rings. The predicted octanol–water partition coefficient (Wildman–Crippen LogP) is 2.45. The first-order valence-electron chi connectivity index (χ1n) is 7.70. The summed E-state index contributed by atoms with van der Waals surface area (Å²) in [4.78, 5) is 26.0. The molecule has 0 aliphatic carbocycles. The van der Waals surface area contributed by atoms with Crippen molar-refractivity contribution in [2.45, 2.75) is 39.2 Å². The highest BCUT2D eigenvalue weighted by Crippen LogP contribution is 2.14. The SMILES string of the molecule is CC(C)CC(=O)N1CCC(NC(=O)c2ccccc2)CC1. The molecule has 1 fully saturated rings. The van der Waals surface area contributed by atoms with Gasteiger partial charge in [-0.05, 0) is 30.9 Å². The van der Waals surface area contributed by atoms with Gasteiger partial charge in [0.05, 0.1) is 0 Å². The maximum atomic E-state index is 12.1. The number of rotatable bonds is 4. The summed E-state index contributed by atoms with van der Waals surface area (Å²) in [5, 5.41) is 3.06. The van der Waals surface area contributed by atoms with Crippen LogP contribution in [0.2, 0.25) is 0 Å². The quantitative estimate of drug-likeness (QED) is 0.925. The Kier molecular flexibility index (Phi) is 5.37. The fourth-order valence-corrected chi connectivity index (χ4v) is 2.61. The third-order valence-corrected chi connectivity index (χ3v) is 3.80.